The van der Waals surface area contributed by atoms with Gasteiger partial charge in [-0.25, -0.2) is 9.50 Å². The Morgan fingerprint density at radius 3 is 2.38 bits per heavy atom. The van der Waals surface area contributed by atoms with E-state index in [1.54, 1.807) is 51.3 Å². The fourth-order valence-electron chi connectivity index (χ4n) is 1.96. The van der Waals surface area contributed by atoms with E-state index >= 15 is 0 Å². The molecule has 7 heteroatoms. The van der Waals surface area contributed by atoms with Crippen LogP contribution in [0.15, 0.2) is 49.5 Å². The normalized spacial score (nSPS) is 10.1. The third-order valence-electron chi connectivity index (χ3n) is 3.05. The lowest BCUT2D eigenvalue weighted by atomic mass is 10.2. The van der Waals surface area contributed by atoms with Crippen LogP contribution in [0.2, 0.25) is 0 Å². The largest absolute Gasteiger partial charge is 0.388 e. The average molecular weight is 360 g/mol. The van der Waals surface area contributed by atoms with E-state index in [1.165, 1.54) is 6.33 Å². The summed E-state index contributed by atoms with van der Waals surface area (Å²) in [6.07, 6.45) is 9.31. The van der Waals surface area contributed by atoms with Crippen molar-refractivity contribution in [3.05, 3.63) is 60.6 Å². The van der Waals surface area contributed by atoms with Crippen LogP contribution in [0, 0.1) is 6.92 Å². The van der Waals surface area contributed by atoms with E-state index < -0.39 is 0 Å². The molecule has 142 valence electrons. The summed E-state index contributed by atoms with van der Waals surface area (Å²) in [6, 6.07) is 0. The Kier molecular flexibility index (Phi) is 12.1. The summed E-state index contributed by atoms with van der Waals surface area (Å²) in [5.74, 6) is 0.683. The molecule has 0 saturated heterocycles. The van der Waals surface area contributed by atoms with E-state index in [-0.39, 0.29) is 0 Å². The van der Waals surface area contributed by atoms with Crippen molar-refractivity contribution in [3.63, 3.8) is 0 Å². The van der Waals surface area contributed by atoms with Gasteiger partial charge in [-0.05, 0) is 18.1 Å². The van der Waals surface area contributed by atoms with Crippen molar-refractivity contribution in [1.82, 2.24) is 14.6 Å². The molecule has 0 radical (unpaired) electrons. The van der Waals surface area contributed by atoms with Crippen molar-refractivity contribution in [3.8, 4) is 0 Å². The van der Waals surface area contributed by atoms with Crippen LogP contribution in [0.4, 0.5) is 5.82 Å². The molecule has 0 aliphatic carbocycles. The van der Waals surface area contributed by atoms with Gasteiger partial charge in [0.1, 0.15) is 11.8 Å². The predicted octanol–water partition coefficient (Wildman–Crippen LogP) is 3.09. The molecule has 0 saturated carbocycles. The predicted molar refractivity (Wildman–Crippen MR) is 106 cm³/mol. The van der Waals surface area contributed by atoms with Crippen LogP contribution in [0.1, 0.15) is 15.9 Å². The highest BCUT2D eigenvalue weighted by Gasteiger charge is 2.11. The van der Waals surface area contributed by atoms with Crippen LogP contribution in [0.3, 0.4) is 0 Å². The Balaban J connectivity index is 0.000000918. The van der Waals surface area contributed by atoms with Crippen LogP contribution in [-0.4, -0.2) is 55.9 Å². The van der Waals surface area contributed by atoms with Gasteiger partial charge in [-0.1, -0.05) is 31.4 Å². The van der Waals surface area contributed by atoms with E-state index in [2.05, 4.69) is 38.0 Å². The van der Waals surface area contributed by atoms with Gasteiger partial charge < -0.3 is 14.8 Å². The summed E-state index contributed by atoms with van der Waals surface area (Å²) >= 11 is 0. The number of aromatic nitrogens is 3. The highest BCUT2D eigenvalue weighted by molar-refractivity contribution is 5.85. The van der Waals surface area contributed by atoms with Gasteiger partial charge in [-0.2, -0.15) is 5.10 Å². The standard InChI is InChI=1S/C15H16N4O.2C2H6O/c1-4-6-12(5-2)7-16-15-14-11(3)13(9-20)8-19(14)18-10-17-15;2*1-3-2/h4-6,8-10H,1-2,7H2,3H3,(H,16,17,18);2*1-2H3/b12-6+;;. The number of rotatable bonds is 6. The molecule has 0 unspecified atom stereocenters. The maximum atomic E-state index is 11.0. The zero-order chi connectivity index (χ0) is 19.9. The van der Waals surface area contributed by atoms with Gasteiger partial charge in [-0.15, -0.1) is 0 Å². The minimum atomic E-state index is 0.573. The molecule has 1 N–H and O–H groups in total. The Morgan fingerprint density at radius 2 is 1.88 bits per heavy atom. The SMILES string of the molecule is C=C/C=C(\C=C)CNc1ncnn2cc(C=O)c(C)c12.COC.COC. The first-order valence-corrected chi connectivity index (χ1v) is 7.80. The molecule has 2 aromatic rings. The van der Waals surface area contributed by atoms with E-state index in [1.807, 2.05) is 13.0 Å². The minimum absolute atomic E-state index is 0.573. The van der Waals surface area contributed by atoms with Crippen molar-refractivity contribution in [2.45, 2.75) is 6.92 Å². The van der Waals surface area contributed by atoms with Gasteiger partial charge in [-0.3, -0.25) is 4.79 Å². The summed E-state index contributed by atoms with van der Waals surface area (Å²) in [7, 11) is 6.50. The first kappa shape index (κ1) is 23.2. The van der Waals surface area contributed by atoms with E-state index in [0.29, 0.717) is 17.9 Å². The monoisotopic (exact) mass is 360 g/mol. The Hall–Kier alpha value is -2.77. The number of aryl methyl sites for hydroxylation is 1. The van der Waals surface area contributed by atoms with Gasteiger partial charge in [0, 0.05) is 46.7 Å². The number of allylic oxidation sites excluding steroid dienone is 2. The number of anilines is 1. The number of carbonyl (C=O) groups is 1. The molecular formula is C19H28N4O3. The summed E-state index contributed by atoms with van der Waals surface area (Å²) in [6.45, 7) is 9.86. The molecule has 0 fully saturated rings. The number of hydrogen-bond acceptors (Lipinski definition) is 6. The number of nitrogens with zero attached hydrogens (tertiary/aromatic N) is 3. The lowest BCUT2D eigenvalue weighted by Gasteiger charge is -2.08. The molecule has 7 nitrogen and oxygen atoms in total. The third-order valence-corrected chi connectivity index (χ3v) is 3.05. The lowest BCUT2D eigenvalue weighted by molar-refractivity contribution is 0.112. The van der Waals surface area contributed by atoms with Crippen LogP contribution in [0.25, 0.3) is 5.52 Å². The second-order valence-corrected chi connectivity index (χ2v) is 5.08. The van der Waals surface area contributed by atoms with Crippen molar-refractivity contribution >= 4 is 17.6 Å². The second-order valence-electron chi connectivity index (χ2n) is 5.08. The third kappa shape index (κ3) is 7.00. The lowest BCUT2D eigenvalue weighted by Crippen LogP contribution is -2.07. The smallest absolute Gasteiger partial charge is 0.154 e. The molecule has 2 heterocycles. The van der Waals surface area contributed by atoms with Crippen molar-refractivity contribution in [1.29, 1.82) is 0 Å². The van der Waals surface area contributed by atoms with Crippen LogP contribution >= 0.6 is 0 Å². The molecule has 26 heavy (non-hydrogen) atoms. The molecule has 0 atom stereocenters. The maximum absolute atomic E-state index is 11.0. The van der Waals surface area contributed by atoms with Crippen LogP contribution in [-0.2, 0) is 9.47 Å². The maximum Gasteiger partial charge on any atom is 0.154 e. The van der Waals surface area contributed by atoms with E-state index in [0.717, 1.165) is 22.9 Å². The molecule has 0 bridgehead atoms. The molecule has 0 aromatic carbocycles. The number of fused-ring (bicyclic) bond motifs is 1. The topological polar surface area (TPSA) is 77.8 Å². The minimum Gasteiger partial charge on any atom is -0.388 e. The van der Waals surface area contributed by atoms with Gasteiger partial charge in [0.25, 0.3) is 0 Å². The highest BCUT2D eigenvalue weighted by Crippen LogP contribution is 2.21. The second kappa shape index (κ2) is 13.5. The Morgan fingerprint density at radius 1 is 1.27 bits per heavy atom. The molecule has 2 rings (SSSR count). The number of methoxy groups -OCH3 is 2. The van der Waals surface area contributed by atoms with E-state index in [4.69, 9.17) is 0 Å². The number of nitrogens with one attached hydrogen (secondary N) is 1. The highest BCUT2D eigenvalue weighted by atomic mass is 16.5. The van der Waals surface area contributed by atoms with Gasteiger partial charge in [0.15, 0.2) is 12.1 Å². The van der Waals surface area contributed by atoms with Gasteiger partial charge in [0.05, 0.1) is 0 Å². The molecule has 0 aliphatic heterocycles. The summed E-state index contributed by atoms with van der Waals surface area (Å²) in [5.41, 5.74) is 3.27. The van der Waals surface area contributed by atoms with Gasteiger partial charge >= 0.3 is 0 Å². The number of aldehydes is 1. The zero-order valence-electron chi connectivity index (χ0n) is 16.2. The number of ether oxygens (including phenoxy) is 2. The fraction of sp³-hybridized carbons (Fsp3) is 0.316. The quantitative estimate of drug-likeness (QED) is 0.630. The van der Waals surface area contributed by atoms with Crippen molar-refractivity contribution < 1.29 is 14.3 Å². The first-order valence-electron chi connectivity index (χ1n) is 7.80. The summed E-state index contributed by atoms with van der Waals surface area (Å²) in [4.78, 5) is 15.2. The Labute approximate surface area is 155 Å². The van der Waals surface area contributed by atoms with Gasteiger partial charge in [0.2, 0.25) is 0 Å². The Bertz CT molecular complexity index is 734. The molecule has 0 aliphatic rings. The molecule has 0 amide bonds. The average Bonchev–Trinajstić information content (AvgIpc) is 2.96. The summed E-state index contributed by atoms with van der Waals surface area (Å²) < 4.78 is 10.2. The molecule has 2 aromatic heterocycles. The van der Waals surface area contributed by atoms with Crippen LogP contribution in [0.5, 0.6) is 0 Å². The van der Waals surface area contributed by atoms with E-state index in [9.17, 15) is 4.79 Å². The number of hydrogen-bond donors (Lipinski definition) is 1. The van der Waals surface area contributed by atoms with Crippen molar-refractivity contribution in [2.24, 2.45) is 0 Å². The molecule has 0 spiro atoms. The zero-order valence-corrected chi connectivity index (χ0v) is 16.2. The van der Waals surface area contributed by atoms with Crippen molar-refractivity contribution in [2.75, 3.05) is 40.3 Å². The summed E-state index contributed by atoms with van der Waals surface area (Å²) in [5, 5.41) is 7.34. The number of carbonyl (C=O) groups excluding carboxylic acids is 1. The first-order chi connectivity index (χ1) is 12.5. The molecular weight excluding hydrogens is 332 g/mol. The fourth-order valence-corrected chi connectivity index (χ4v) is 1.96. The van der Waals surface area contributed by atoms with Crippen LogP contribution < -0.4 is 5.32 Å².